The summed E-state index contributed by atoms with van der Waals surface area (Å²) in [5.74, 6) is 0.0741. The van der Waals surface area contributed by atoms with E-state index in [1.807, 2.05) is 11.8 Å². The minimum absolute atomic E-state index is 0.0138. The van der Waals surface area contributed by atoms with Gasteiger partial charge in [0.2, 0.25) is 5.91 Å². The highest BCUT2D eigenvalue weighted by atomic mass is 16.5. The van der Waals surface area contributed by atoms with E-state index in [2.05, 4.69) is 0 Å². The molecule has 1 saturated carbocycles. The molecule has 0 aromatic carbocycles. The van der Waals surface area contributed by atoms with Crippen LogP contribution in [0.25, 0.3) is 0 Å². The zero-order valence-corrected chi connectivity index (χ0v) is 10.7. The second-order valence-corrected chi connectivity index (χ2v) is 5.33. The number of ether oxygens (including phenoxy) is 1. The van der Waals surface area contributed by atoms with Crippen LogP contribution in [0.3, 0.4) is 0 Å². The van der Waals surface area contributed by atoms with E-state index in [1.54, 1.807) is 0 Å². The number of amides is 1. The average molecular weight is 241 g/mol. The van der Waals surface area contributed by atoms with Gasteiger partial charge in [-0.2, -0.15) is 0 Å². The van der Waals surface area contributed by atoms with Crippen molar-refractivity contribution < 1.29 is 14.6 Å². The van der Waals surface area contributed by atoms with Crippen LogP contribution >= 0.6 is 0 Å². The molecule has 2 atom stereocenters. The van der Waals surface area contributed by atoms with Gasteiger partial charge in [0.05, 0.1) is 6.10 Å². The standard InChI is InChI=1S/C13H23NO3/c1-2-17-9-12(16)14-8-4-7-13(10-14)6-3-5-11(13)15/h11,15H,2-10H2,1H3/t11-,13-/m1/s1. The van der Waals surface area contributed by atoms with Crippen molar-refractivity contribution >= 4 is 5.91 Å². The van der Waals surface area contributed by atoms with Gasteiger partial charge in [-0.3, -0.25) is 4.79 Å². The molecule has 0 unspecified atom stereocenters. The minimum Gasteiger partial charge on any atom is -0.392 e. The summed E-state index contributed by atoms with van der Waals surface area (Å²) < 4.78 is 5.17. The summed E-state index contributed by atoms with van der Waals surface area (Å²) in [6, 6.07) is 0. The zero-order valence-electron chi connectivity index (χ0n) is 10.7. The lowest BCUT2D eigenvalue weighted by Crippen LogP contribution is -2.50. The number of hydrogen-bond acceptors (Lipinski definition) is 3. The van der Waals surface area contributed by atoms with Gasteiger partial charge < -0.3 is 14.7 Å². The molecule has 2 rings (SSSR count). The summed E-state index contributed by atoms with van der Waals surface area (Å²) in [6.07, 6.45) is 4.90. The van der Waals surface area contributed by atoms with Crippen molar-refractivity contribution in [3.8, 4) is 0 Å². The zero-order chi connectivity index (χ0) is 12.3. The summed E-state index contributed by atoms with van der Waals surface area (Å²) in [4.78, 5) is 13.8. The lowest BCUT2D eigenvalue weighted by atomic mass is 9.76. The number of aliphatic hydroxyl groups excluding tert-OH is 1. The van der Waals surface area contributed by atoms with Crippen LogP contribution in [0, 0.1) is 5.41 Å². The van der Waals surface area contributed by atoms with Crippen molar-refractivity contribution in [1.29, 1.82) is 0 Å². The Hall–Kier alpha value is -0.610. The van der Waals surface area contributed by atoms with Crippen LogP contribution in [0.2, 0.25) is 0 Å². The Kier molecular flexibility index (Phi) is 4.05. The van der Waals surface area contributed by atoms with Gasteiger partial charge >= 0.3 is 0 Å². The Labute approximate surface area is 103 Å². The fraction of sp³-hybridized carbons (Fsp3) is 0.923. The predicted molar refractivity (Wildman–Crippen MR) is 64.6 cm³/mol. The third-order valence-electron chi connectivity index (χ3n) is 4.25. The molecule has 1 heterocycles. The quantitative estimate of drug-likeness (QED) is 0.807. The molecule has 4 heteroatoms. The number of nitrogens with zero attached hydrogens (tertiary/aromatic N) is 1. The molecule has 4 nitrogen and oxygen atoms in total. The third kappa shape index (κ3) is 2.63. The van der Waals surface area contributed by atoms with E-state index in [0.29, 0.717) is 6.61 Å². The van der Waals surface area contributed by atoms with Crippen molar-refractivity contribution in [3.05, 3.63) is 0 Å². The molecule has 98 valence electrons. The largest absolute Gasteiger partial charge is 0.392 e. The van der Waals surface area contributed by atoms with E-state index >= 15 is 0 Å². The third-order valence-corrected chi connectivity index (χ3v) is 4.25. The summed E-state index contributed by atoms with van der Waals surface area (Å²) in [5, 5.41) is 10.1. The van der Waals surface area contributed by atoms with Gasteiger partial charge in [0.25, 0.3) is 0 Å². The van der Waals surface area contributed by atoms with E-state index in [1.165, 1.54) is 0 Å². The Balaban J connectivity index is 1.94. The van der Waals surface area contributed by atoms with E-state index in [-0.39, 0.29) is 24.0 Å². The number of aliphatic hydroxyl groups is 1. The van der Waals surface area contributed by atoms with Crippen molar-refractivity contribution in [2.45, 2.75) is 45.1 Å². The number of carbonyl (C=O) groups is 1. The molecule has 0 aromatic rings. The lowest BCUT2D eigenvalue weighted by molar-refractivity contribution is -0.141. The maximum absolute atomic E-state index is 11.9. The molecular weight excluding hydrogens is 218 g/mol. The average Bonchev–Trinajstić information content (AvgIpc) is 2.68. The molecule has 1 saturated heterocycles. The molecule has 2 aliphatic rings. The highest BCUT2D eigenvalue weighted by molar-refractivity contribution is 5.77. The first-order chi connectivity index (χ1) is 8.18. The number of rotatable bonds is 3. The van der Waals surface area contributed by atoms with Crippen molar-refractivity contribution in [1.82, 2.24) is 4.90 Å². The van der Waals surface area contributed by atoms with E-state index in [9.17, 15) is 9.90 Å². The molecule has 17 heavy (non-hydrogen) atoms. The molecule has 1 aliphatic heterocycles. The maximum atomic E-state index is 11.9. The van der Waals surface area contributed by atoms with Crippen molar-refractivity contribution in [2.24, 2.45) is 5.41 Å². The van der Waals surface area contributed by atoms with E-state index in [0.717, 1.165) is 45.2 Å². The van der Waals surface area contributed by atoms with E-state index < -0.39 is 0 Å². The number of piperidine rings is 1. The predicted octanol–water partition coefficient (Wildman–Crippen LogP) is 1.18. The van der Waals surface area contributed by atoms with Gasteiger partial charge in [-0.25, -0.2) is 0 Å². The first-order valence-corrected chi connectivity index (χ1v) is 6.71. The van der Waals surface area contributed by atoms with Crippen LogP contribution < -0.4 is 0 Å². The number of hydrogen-bond donors (Lipinski definition) is 1. The summed E-state index contributed by atoms with van der Waals surface area (Å²) in [5.41, 5.74) is -0.0138. The molecule has 0 bridgehead atoms. The SMILES string of the molecule is CCOCC(=O)N1CCC[C@]2(CCC[C@H]2O)C1. The highest BCUT2D eigenvalue weighted by Crippen LogP contribution is 2.44. The van der Waals surface area contributed by atoms with Crippen LogP contribution in [0.4, 0.5) is 0 Å². The smallest absolute Gasteiger partial charge is 0.248 e. The first kappa shape index (κ1) is 12.8. The molecule has 2 fully saturated rings. The maximum Gasteiger partial charge on any atom is 0.248 e. The van der Waals surface area contributed by atoms with Gasteiger partial charge in [-0.15, -0.1) is 0 Å². The summed E-state index contributed by atoms with van der Waals surface area (Å²) >= 11 is 0. The molecule has 1 aliphatic carbocycles. The van der Waals surface area contributed by atoms with Crippen LogP contribution in [-0.2, 0) is 9.53 Å². The normalized spacial score (nSPS) is 33.3. The fourth-order valence-corrected chi connectivity index (χ4v) is 3.25. The summed E-state index contributed by atoms with van der Waals surface area (Å²) in [7, 11) is 0. The Morgan fingerprint density at radius 3 is 2.88 bits per heavy atom. The Bertz CT molecular complexity index is 282. The van der Waals surface area contributed by atoms with Crippen LogP contribution in [0.5, 0.6) is 0 Å². The Morgan fingerprint density at radius 1 is 1.47 bits per heavy atom. The topological polar surface area (TPSA) is 49.8 Å². The number of carbonyl (C=O) groups excluding carboxylic acids is 1. The molecule has 1 N–H and O–H groups in total. The van der Waals surface area contributed by atoms with Gasteiger partial charge in [-0.05, 0) is 32.6 Å². The molecule has 0 radical (unpaired) electrons. The van der Waals surface area contributed by atoms with Gasteiger partial charge in [-0.1, -0.05) is 6.42 Å². The van der Waals surface area contributed by atoms with Crippen LogP contribution in [0.15, 0.2) is 0 Å². The summed E-state index contributed by atoms with van der Waals surface area (Å²) in [6.45, 7) is 4.20. The van der Waals surface area contributed by atoms with Crippen LogP contribution in [-0.4, -0.2) is 48.3 Å². The van der Waals surface area contributed by atoms with Crippen molar-refractivity contribution in [2.75, 3.05) is 26.3 Å². The monoisotopic (exact) mass is 241 g/mol. The second-order valence-electron chi connectivity index (χ2n) is 5.33. The lowest BCUT2D eigenvalue weighted by Gasteiger charge is -2.42. The first-order valence-electron chi connectivity index (χ1n) is 6.71. The fourth-order valence-electron chi connectivity index (χ4n) is 3.25. The van der Waals surface area contributed by atoms with Crippen molar-refractivity contribution in [3.63, 3.8) is 0 Å². The van der Waals surface area contributed by atoms with Gasteiger partial charge in [0, 0.05) is 25.1 Å². The van der Waals surface area contributed by atoms with Crippen LogP contribution in [0.1, 0.15) is 39.0 Å². The van der Waals surface area contributed by atoms with E-state index in [4.69, 9.17) is 4.74 Å². The van der Waals surface area contributed by atoms with Gasteiger partial charge in [0.1, 0.15) is 6.61 Å². The second kappa shape index (κ2) is 5.36. The highest BCUT2D eigenvalue weighted by Gasteiger charge is 2.45. The number of likely N-dealkylation sites (tertiary alicyclic amines) is 1. The molecule has 0 aromatic heterocycles. The molecular formula is C13H23NO3. The minimum atomic E-state index is -0.217. The molecule has 1 spiro atoms. The van der Waals surface area contributed by atoms with Gasteiger partial charge in [0.15, 0.2) is 0 Å². The molecule has 1 amide bonds. The Morgan fingerprint density at radius 2 is 2.24 bits per heavy atom.